The van der Waals surface area contributed by atoms with Gasteiger partial charge in [-0.1, -0.05) is 19.8 Å². The second-order valence-electron chi connectivity index (χ2n) is 6.18. The fourth-order valence-corrected chi connectivity index (χ4v) is 4.13. The smallest absolute Gasteiger partial charge is 0.329 e. The Labute approximate surface area is 119 Å². The Hall–Kier alpha value is -0.330. The molecule has 0 aromatic rings. The number of hydrogen-bond acceptors (Lipinski definition) is 3. The molecule has 2 aliphatic rings. The molecule has 0 radical (unpaired) electrons. The third-order valence-corrected chi connectivity index (χ3v) is 5.17. The molecule has 2 N–H and O–H groups in total. The number of nitrogens with two attached hydrogens (primary N) is 1. The first kappa shape index (κ1) is 16.0. The number of nitrogens with zero attached hydrogens (tertiary/aromatic N) is 2. The van der Waals surface area contributed by atoms with E-state index in [1.807, 2.05) is 0 Å². The predicted molar refractivity (Wildman–Crippen MR) is 73.5 cm³/mol. The molecule has 2 rings (SSSR count). The largest absolute Gasteiger partial charge is 0.401 e. The minimum atomic E-state index is -4.09. The zero-order valence-corrected chi connectivity index (χ0v) is 12.3. The Morgan fingerprint density at radius 1 is 1.20 bits per heavy atom. The Balaban J connectivity index is 1.95. The van der Waals surface area contributed by atoms with Gasteiger partial charge in [-0.05, 0) is 18.8 Å². The van der Waals surface area contributed by atoms with E-state index in [0.717, 1.165) is 12.8 Å². The standard InChI is InChI=1S/C14H26F3N3/c1-2-12-4-3-5-13(12,10-18)20-8-6-19(7-9-20)11-14(15,16)17/h12H,2-11,18H2,1H3. The van der Waals surface area contributed by atoms with Crippen molar-refractivity contribution in [3.63, 3.8) is 0 Å². The molecule has 3 nitrogen and oxygen atoms in total. The second-order valence-corrected chi connectivity index (χ2v) is 6.18. The monoisotopic (exact) mass is 293 g/mol. The summed E-state index contributed by atoms with van der Waals surface area (Å²) in [5.74, 6) is 0.599. The van der Waals surface area contributed by atoms with Crippen LogP contribution in [0.3, 0.4) is 0 Å². The molecule has 2 fully saturated rings. The molecule has 0 aromatic heterocycles. The van der Waals surface area contributed by atoms with Crippen molar-refractivity contribution in [1.82, 2.24) is 9.80 Å². The molecule has 1 saturated carbocycles. The Bertz CT molecular complexity index is 313. The lowest BCUT2D eigenvalue weighted by molar-refractivity contribution is -0.151. The van der Waals surface area contributed by atoms with E-state index in [2.05, 4.69) is 11.8 Å². The summed E-state index contributed by atoms with van der Waals surface area (Å²) in [6.45, 7) is 4.46. The van der Waals surface area contributed by atoms with Gasteiger partial charge >= 0.3 is 6.18 Å². The average molecular weight is 293 g/mol. The molecule has 1 heterocycles. The van der Waals surface area contributed by atoms with Crippen LogP contribution in [-0.2, 0) is 0 Å². The van der Waals surface area contributed by atoms with E-state index < -0.39 is 12.7 Å². The van der Waals surface area contributed by atoms with Crippen LogP contribution in [0.15, 0.2) is 0 Å². The summed E-state index contributed by atoms with van der Waals surface area (Å²) in [7, 11) is 0. The van der Waals surface area contributed by atoms with Crippen molar-refractivity contribution < 1.29 is 13.2 Å². The SMILES string of the molecule is CCC1CCCC1(CN)N1CCN(CC(F)(F)F)CC1. The van der Waals surface area contributed by atoms with E-state index in [0.29, 0.717) is 38.6 Å². The van der Waals surface area contributed by atoms with Gasteiger partial charge in [0.2, 0.25) is 0 Å². The van der Waals surface area contributed by atoms with Crippen LogP contribution in [0, 0.1) is 5.92 Å². The van der Waals surface area contributed by atoms with Crippen molar-refractivity contribution >= 4 is 0 Å². The molecule has 0 bridgehead atoms. The van der Waals surface area contributed by atoms with Gasteiger partial charge in [0.25, 0.3) is 0 Å². The van der Waals surface area contributed by atoms with Crippen LogP contribution < -0.4 is 5.73 Å². The Morgan fingerprint density at radius 3 is 2.35 bits per heavy atom. The summed E-state index contributed by atoms with van der Waals surface area (Å²) >= 11 is 0. The lowest BCUT2D eigenvalue weighted by atomic mass is 9.83. The van der Waals surface area contributed by atoms with Crippen LogP contribution in [0.2, 0.25) is 0 Å². The minimum Gasteiger partial charge on any atom is -0.329 e. The molecular weight excluding hydrogens is 267 g/mol. The topological polar surface area (TPSA) is 32.5 Å². The molecule has 118 valence electrons. The lowest BCUT2D eigenvalue weighted by Crippen LogP contribution is -2.62. The van der Waals surface area contributed by atoms with Crippen molar-refractivity contribution in [1.29, 1.82) is 0 Å². The quantitative estimate of drug-likeness (QED) is 0.861. The third-order valence-electron chi connectivity index (χ3n) is 5.17. The maximum Gasteiger partial charge on any atom is 0.401 e. The third kappa shape index (κ3) is 3.28. The maximum absolute atomic E-state index is 12.4. The maximum atomic E-state index is 12.4. The molecule has 1 aliphatic carbocycles. The molecule has 2 unspecified atom stereocenters. The van der Waals surface area contributed by atoms with Gasteiger partial charge in [0.1, 0.15) is 0 Å². The highest BCUT2D eigenvalue weighted by atomic mass is 19.4. The number of halogens is 3. The van der Waals surface area contributed by atoms with Crippen molar-refractivity contribution in [2.75, 3.05) is 39.3 Å². The highest BCUT2D eigenvalue weighted by Gasteiger charge is 2.46. The van der Waals surface area contributed by atoms with Crippen molar-refractivity contribution in [2.24, 2.45) is 11.7 Å². The first-order valence-electron chi connectivity index (χ1n) is 7.65. The van der Waals surface area contributed by atoms with Gasteiger partial charge in [-0.2, -0.15) is 13.2 Å². The fourth-order valence-electron chi connectivity index (χ4n) is 4.13. The van der Waals surface area contributed by atoms with Crippen LogP contribution in [0.1, 0.15) is 32.6 Å². The van der Waals surface area contributed by atoms with Crippen molar-refractivity contribution in [2.45, 2.75) is 44.3 Å². The van der Waals surface area contributed by atoms with Crippen molar-refractivity contribution in [3.05, 3.63) is 0 Å². The summed E-state index contributed by atoms with van der Waals surface area (Å²) in [6, 6.07) is 0. The molecule has 0 spiro atoms. The normalized spacial score (nSPS) is 33.8. The molecule has 20 heavy (non-hydrogen) atoms. The predicted octanol–water partition coefficient (Wildman–Crippen LogP) is 2.07. The summed E-state index contributed by atoms with van der Waals surface area (Å²) in [6.07, 6.45) is 0.517. The number of hydrogen-bond donors (Lipinski definition) is 1. The highest BCUT2D eigenvalue weighted by Crippen LogP contribution is 2.42. The van der Waals surface area contributed by atoms with Gasteiger partial charge in [0.05, 0.1) is 6.54 Å². The van der Waals surface area contributed by atoms with E-state index >= 15 is 0 Å². The number of rotatable bonds is 4. The van der Waals surface area contributed by atoms with Crippen LogP contribution in [0.25, 0.3) is 0 Å². The van der Waals surface area contributed by atoms with Gasteiger partial charge in [0.15, 0.2) is 0 Å². The molecule has 0 aromatic carbocycles. The summed E-state index contributed by atoms with van der Waals surface area (Å²) < 4.78 is 37.3. The molecule has 0 amide bonds. The zero-order chi connectivity index (χ0) is 14.8. The lowest BCUT2D eigenvalue weighted by Gasteiger charge is -2.48. The average Bonchev–Trinajstić information content (AvgIpc) is 2.81. The molecule has 1 aliphatic heterocycles. The second kappa shape index (κ2) is 6.20. The van der Waals surface area contributed by atoms with Crippen LogP contribution >= 0.6 is 0 Å². The van der Waals surface area contributed by atoms with Gasteiger partial charge in [-0.25, -0.2) is 0 Å². The highest BCUT2D eigenvalue weighted by molar-refractivity contribution is 5.02. The Kier molecular flexibility index (Phi) is 4.97. The van der Waals surface area contributed by atoms with Crippen LogP contribution in [0.5, 0.6) is 0 Å². The van der Waals surface area contributed by atoms with E-state index in [-0.39, 0.29) is 5.54 Å². The van der Waals surface area contributed by atoms with Crippen molar-refractivity contribution in [3.8, 4) is 0 Å². The minimum absolute atomic E-state index is 0.0407. The fraction of sp³-hybridized carbons (Fsp3) is 1.00. The van der Waals surface area contributed by atoms with Crippen LogP contribution in [0.4, 0.5) is 13.2 Å². The van der Waals surface area contributed by atoms with Gasteiger partial charge in [-0.3, -0.25) is 9.80 Å². The first-order chi connectivity index (χ1) is 9.41. The summed E-state index contributed by atoms with van der Waals surface area (Å²) in [5.41, 5.74) is 6.11. The van der Waals surface area contributed by atoms with Gasteiger partial charge in [0, 0.05) is 38.3 Å². The van der Waals surface area contributed by atoms with E-state index in [1.165, 1.54) is 17.7 Å². The van der Waals surface area contributed by atoms with E-state index in [4.69, 9.17) is 5.73 Å². The first-order valence-corrected chi connectivity index (χ1v) is 7.65. The summed E-state index contributed by atoms with van der Waals surface area (Å²) in [5, 5.41) is 0. The number of alkyl halides is 3. The number of piperazine rings is 1. The molecule has 1 saturated heterocycles. The van der Waals surface area contributed by atoms with Gasteiger partial charge < -0.3 is 5.73 Å². The van der Waals surface area contributed by atoms with E-state index in [9.17, 15) is 13.2 Å². The molecule has 6 heteroatoms. The Morgan fingerprint density at radius 2 is 1.85 bits per heavy atom. The summed E-state index contributed by atoms with van der Waals surface area (Å²) in [4.78, 5) is 3.89. The van der Waals surface area contributed by atoms with Crippen LogP contribution in [-0.4, -0.2) is 60.8 Å². The molecular formula is C14H26F3N3. The molecule has 2 atom stereocenters. The van der Waals surface area contributed by atoms with E-state index in [1.54, 1.807) is 0 Å². The van der Waals surface area contributed by atoms with Gasteiger partial charge in [-0.15, -0.1) is 0 Å². The zero-order valence-electron chi connectivity index (χ0n) is 12.3.